The number of likely N-dealkylation sites (tertiary alicyclic amines) is 1. The molecule has 196 valence electrons. The van der Waals surface area contributed by atoms with Crippen LogP contribution in [0.15, 0.2) is 66.7 Å². The van der Waals surface area contributed by atoms with Crippen LogP contribution in [0, 0.1) is 0 Å². The van der Waals surface area contributed by atoms with Crippen molar-refractivity contribution < 1.29 is 28.8 Å². The van der Waals surface area contributed by atoms with Crippen LogP contribution in [0.25, 0.3) is 0 Å². The molecule has 0 amide bonds. The van der Waals surface area contributed by atoms with E-state index in [-0.39, 0.29) is 6.04 Å². The first-order valence-electron chi connectivity index (χ1n) is 12.7. The van der Waals surface area contributed by atoms with Gasteiger partial charge < -0.3 is 24.1 Å². The molecule has 1 saturated heterocycles. The Morgan fingerprint density at radius 3 is 2.22 bits per heavy atom. The minimum atomic E-state index is -0.807. The molecule has 37 heavy (non-hydrogen) atoms. The Morgan fingerprint density at radius 1 is 0.892 bits per heavy atom. The van der Waals surface area contributed by atoms with Gasteiger partial charge in [0.2, 0.25) is 0 Å². The van der Waals surface area contributed by atoms with Crippen molar-refractivity contribution in [2.75, 3.05) is 27.4 Å². The molecule has 7 heteroatoms. The number of hydrogen-bond donors (Lipinski definition) is 1. The first-order valence-corrected chi connectivity index (χ1v) is 12.7. The molecule has 2 atom stereocenters. The molecule has 2 unspecified atom stereocenters. The van der Waals surface area contributed by atoms with Crippen LogP contribution in [0.3, 0.4) is 0 Å². The van der Waals surface area contributed by atoms with Crippen LogP contribution in [-0.4, -0.2) is 49.4 Å². The van der Waals surface area contributed by atoms with Gasteiger partial charge in [-0.25, -0.2) is 0 Å². The highest BCUT2D eigenvalue weighted by Gasteiger charge is 2.36. The molecule has 0 aromatic heterocycles. The van der Waals surface area contributed by atoms with Crippen LogP contribution in [0.1, 0.15) is 48.9 Å². The normalized spacial score (nSPS) is 16.6. The van der Waals surface area contributed by atoms with Crippen molar-refractivity contribution in [2.45, 2.75) is 44.9 Å². The highest BCUT2D eigenvalue weighted by Crippen LogP contribution is 2.41. The fourth-order valence-corrected chi connectivity index (χ4v) is 4.94. The Balaban J connectivity index is 1.75. The quantitative estimate of drug-likeness (QED) is 0.358. The molecule has 0 radical (unpaired) electrons. The van der Waals surface area contributed by atoms with Gasteiger partial charge in [-0.1, -0.05) is 48.9 Å². The predicted molar refractivity (Wildman–Crippen MR) is 142 cm³/mol. The van der Waals surface area contributed by atoms with Crippen molar-refractivity contribution in [3.05, 3.63) is 83.4 Å². The monoisotopic (exact) mass is 505 g/mol. The molecule has 3 aromatic rings. The van der Waals surface area contributed by atoms with Gasteiger partial charge in [0.15, 0.2) is 23.0 Å². The molecule has 0 aliphatic carbocycles. The van der Waals surface area contributed by atoms with Gasteiger partial charge in [0, 0.05) is 0 Å². The third-order valence-corrected chi connectivity index (χ3v) is 6.70. The van der Waals surface area contributed by atoms with Crippen molar-refractivity contribution in [1.29, 1.82) is 0 Å². The lowest BCUT2D eigenvalue weighted by Crippen LogP contribution is -2.46. The Hall–Kier alpha value is -3.71. The van der Waals surface area contributed by atoms with Crippen molar-refractivity contribution in [2.24, 2.45) is 0 Å². The zero-order valence-electron chi connectivity index (χ0n) is 21.7. The highest BCUT2D eigenvalue weighted by molar-refractivity contribution is 5.74. The van der Waals surface area contributed by atoms with Crippen molar-refractivity contribution >= 4 is 5.97 Å². The summed E-state index contributed by atoms with van der Waals surface area (Å²) in [6, 6.07) is 20.7. The molecule has 1 fully saturated rings. The third-order valence-electron chi connectivity index (χ3n) is 6.70. The second kappa shape index (κ2) is 12.5. The Morgan fingerprint density at radius 2 is 1.57 bits per heavy atom. The molecule has 0 saturated carbocycles. The zero-order chi connectivity index (χ0) is 26.2. The summed E-state index contributed by atoms with van der Waals surface area (Å²) < 4.78 is 23.1. The van der Waals surface area contributed by atoms with E-state index < -0.39 is 12.0 Å². The van der Waals surface area contributed by atoms with Crippen LogP contribution in [0.2, 0.25) is 0 Å². The second-order valence-corrected chi connectivity index (χ2v) is 9.02. The minimum absolute atomic E-state index is 0.316. The van der Waals surface area contributed by atoms with E-state index in [1.54, 1.807) is 14.2 Å². The second-order valence-electron chi connectivity index (χ2n) is 9.02. The number of piperidine rings is 1. The molecule has 1 aliphatic rings. The van der Waals surface area contributed by atoms with E-state index in [9.17, 15) is 9.90 Å². The standard InChI is InChI=1S/C30H35NO6/c1-4-36-28-19-23(14-16-26(28)37-20-21-10-6-5-7-11-21)29(31-17-9-8-12-24(31)30(32)33)22-13-15-25(34-2)27(18-22)35-3/h5-7,10-11,13-16,18-19,24,29H,4,8-9,12,17,20H2,1-3H3,(H,32,33). The van der Waals surface area contributed by atoms with Gasteiger partial charge in [-0.15, -0.1) is 0 Å². The van der Waals surface area contributed by atoms with E-state index in [1.165, 1.54) is 0 Å². The smallest absolute Gasteiger partial charge is 0.320 e. The van der Waals surface area contributed by atoms with Gasteiger partial charge in [-0.2, -0.15) is 0 Å². The van der Waals surface area contributed by atoms with Crippen LogP contribution in [-0.2, 0) is 11.4 Å². The zero-order valence-corrected chi connectivity index (χ0v) is 21.7. The molecule has 4 rings (SSSR count). The number of carboxylic acids is 1. The van der Waals surface area contributed by atoms with Gasteiger partial charge in [0.25, 0.3) is 0 Å². The first-order chi connectivity index (χ1) is 18.0. The van der Waals surface area contributed by atoms with Crippen LogP contribution >= 0.6 is 0 Å². The molecule has 0 spiro atoms. The Kier molecular flexibility index (Phi) is 8.90. The number of ether oxygens (including phenoxy) is 4. The van der Waals surface area contributed by atoms with Gasteiger partial charge in [-0.3, -0.25) is 9.69 Å². The summed E-state index contributed by atoms with van der Waals surface area (Å²) in [4.78, 5) is 14.3. The topological polar surface area (TPSA) is 77.5 Å². The van der Waals surface area contributed by atoms with Crippen molar-refractivity contribution in [1.82, 2.24) is 4.90 Å². The van der Waals surface area contributed by atoms with Crippen LogP contribution in [0.5, 0.6) is 23.0 Å². The van der Waals surface area contributed by atoms with E-state index in [2.05, 4.69) is 4.90 Å². The molecular weight excluding hydrogens is 470 g/mol. The summed E-state index contributed by atoms with van der Waals surface area (Å²) in [5.74, 6) is 1.69. The fraction of sp³-hybridized carbons (Fsp3) is 0.367. The lowest BCUT2D eigenvalue weighted by molar-refractivity contribution is -0.145. The Bertz CT molecular complexity index is 1180. The number of benzene rings is 3. The number of nitrogens with zero attached hydrogens (tertiary/aromatic N) is 1. The summed E-state index contributed by atoms with van der Waals surface area (Å²) in [6.07, 6.45) is 2.43. The SMILES string of the molecule is CCOc1cc(C(c2ccc(OC)c(OC)c2)N2CCCCC2C(=O)O)ccc1OCc1ccccc1. The predicted octanol–water partition coefficient (Wildman–Crippen LogP) is 5.71. The molecule has 0 bridgehead atoms. The van der Waals surface area contributed by atoms with Gasteiger partial charge >= 0.3 is 5.97 Å². The number of hydrogen-bond acceptors (Lipinski definition) is 6. The largest absolute Gasteiger partial charge is 0.493 e. The lowest BCUT2D eigenvalue weighted by atomic mass is 9.91. The van der Waals surface area contributed by atoms with Gasteiger partial charge in [0.1, 0.15) is 12.6 Å². The number of methoxy groups -OCH3 is 2. The number of aliphatic carboxylic acids is 1. The van der Waals surface area contributed by atoms with Crippen molar-refractivity contribution in [3.8, 4) is 23.0 Å². The fourth-order valence-electron chi connectivity index (χ4n) is 4.94. The van der Waals surface area contributed by atoms with Crippen LogP contribution < -0.4 is 18.9 Å². The van der Waals surface area contributed by atoms with E-state index in [4.69, 9.17) is 18.9 Å². The number of carboxylic acid groups (broad SMARTS) is 1. The average molecular weight is 506 g/mol. The van der Waals surface area contributed by atoms with E-state index >= 15 is 0 Å². The van der Waals surface area contributed by atoms with E-state index in [0.29, 0.717) is 49.2 Å². The third kappa shape index (κ3) is 6.17. The summed E-state index contributed by atoms with van der Waals surface area (Å²) >= 11 is 0. The van der Waals surface area contributed by atoms with Gasteiger partial charge in [-0.05, 0) is 67.3 Å². The van der Waals surface area contributed by atoms with E-state index in [0.717, 1.165) is 29.5 Å². The summed E-state index contributed by atoms with van der Waals surface area (Å²) in [7, 11) is 3.20. The molecular formula is C30H35NO6. The first kappa shape index (κ1) is 26.4. The maximum Gasteiger partial charge on any atom is 0.320 e. The summed E-state index contributed by atoms with van der Waals surface area (Å²) in [5, 5.41) is 10.1. The lowest BCUT2D eigenvalue weighted by Gasteiger charge is -2.40. The van der Waals surface area contributed by atoms with E-state index in [1.807, 2.05) is 73.7 Å². The summed E-state index contributed by atoms with van der Waals surface area (Å²) in [5.41, 5.74) is 2.91. The molecule has 1 N–H and O–H groups in total. The molecule has 1 heterocycles. The molecule has 7 nitrogen and oxygen atoms in total. The highest BCUT2D eigenvalue weighted by atomic mass is 16.5. The molecule has 1 aliphatic heterocycles. The van der Waals surface area contributed by atoms with Crippen molar-refractivity contribution in [3.63, 3.8) is 0 Å². The average Bonchev–Trinajstić information content (AvgIpc) is 2.93. The minimum Gasteiger partial charge on any atom is -0.493 e. The Labute approximate surface area is 218 Å². The van der Waals surface area contributed by atoms with Crippen LogP contribution in [0.4, 0.5) is 0 Å². The summed E-state index contributed by atoms with van der Waals surface area (Å²) in [6.45, 7) is 3.51. The maximum absolute atomic E-state index is 12.3. The van der Waals surface area contributed by atoms with Gasteiger partial charge in [0.05, 0.1) is 26.9 Å². The number of carbonyl (C=O) groups is 1. The maximum atomic E-state index is 12.3. The number of rotatable bonds is 11. The molecule has 3 aromatic carbocycles.